The topological polar surface area (TPSA) is 37.9 Å². The fourth-order valence-electron chi connectivity index (χ4n) is 1.37. The van der Waals surface area contributed by atoms with Crippen LogP contribution >= 0.6 is 0 Å². The summed E-state index contributed by atoms with van der Waals surface area (Å²) < 4.78 is 5.33. The molecule has 1 aromatic heterocycles. The van der Waals surface area contributed by atoms with Gasteiger partial charge in [-0.15, -0.1) is 0 Å². The summed E-state index contributed by atoms with van der Waals surface area (Å²) in [5.41, 5.74) is 2.03. The molecule has 3 nitrogen and oxygen atoms in total. The molecular weight excluding hydrogens is 176 g/mol. The van der Waals surface area contributed by atoms with Gasteiger partial charge in [0.2, 0.25) is 0 Å². The first kappa shape index (κ1) is 8.81. The van der Waals surface area contributed by atoms with Gasteiger partial charge in [0.25, 0.3) is 0 Å². The number of nitrogens with one attached hydrogen (secondary N) is 1. The maximum absolute atomic E-state index is 5.33. The van der Waals surface area contributed by atoms with E-state index in [0.717, 1.165) is 16.5 Å². The van der Waals surface area contributed by atoms with Crippen LogP contribution in [-0.4, -0.2) is 16.8 Å². The van der Waals surface area contributed by atoms with E-state index in [1.54, 1.807) is 6.20 Å². The third-order valence-electron chi connectivity index (χ3n) is 2.08. The highest BCUT2D eigenvalue weighted by molar-refractivity contribution is 5.81. The summed E-state index contributed by atoms with van der Waals surface area (Å²) in [7, 11) is 0. The average molecular weight is 188 g/mol. The third kappa shape index (κ3) is 1.48. The molecule has 0 aliphatic heterocycles. The lowest BCUT2D eigenvalue weighted by Gasteiger charge is -2.06. The van der Waals surface area contributed by atoms with Crippen LogP contribution in [0.2, 0.25) is 0 Å². The van der Waals surface area contributed by atoms with Gasteiger partial charge < -0.3 is 4.74 Å². The minimum Gasteiger partial charge on any atom is -0.494 e. The second kappa shape index (κ2) is 3.54. The van der Waals surface area contributed by atoms with Crippen LogP contribution in [0, 0.1) is 0 Å². The SMILES string of the molecule is C=C(OCC)c1ccc2[nH]ncc2c1. The van der Waals surface area contributed by atoms with Crippen LogP contribution < -0.4 is 0 Å². The molecule has 2 rings (SSSR count). The molecule has 1 heterocycles. The van der Waals surface area contributed by atoms with Crippen LogP contribution in [0.15, 0.2) is 31.0 Å². The minimum absolute atomic E-state index is 0.641. The van der Waals surface area contributed by atoms with Gasteiger partial charge >= 0.3 is 0 Å². The first-order valence-corrected chi connectivity index (χ1v) is 4.56. The maximum atomic E-state index is 5.33. The van der Waals surface area contributed by atoms with Gasteiger partial charge in [0.05, 0.1) is 18.3 Å². The number of nitrogens with zero attached hydrogens (tertiary/aromatic N) is 1. The smallest absolute Gasteiger partial charge is 0.119 e. The number of hydrogen-bond donors (Lipinski definition) is 1. The van der Waals surface area contributed by atoms with Crippen LogP contribution in [-0.2, 0) is 4.74 Å². The van der Waals surface area contributed by atoms with Crippen LogP contribution in [0.4, 0.5) is 0 Å². The molecule has 0 amide bonds. The van der Waals surface area contributed by atoms with E-state index in [9.17, 15) is 0 Å². The Kier molecular flexibility index (Phi) is 2.23. The van der Waals surface area contributed by atoms with E-state index in [-0.39, 0.29) is 0 Å². The molecule has 0 saturated heterocycles. The zero-order chi connectivity index (χ0) is 9.97. The Morgan fingerprint density at radius 1 is 1.57 bits per heavy atom. The van der Waals surface area contributed by atoms with Gasteiger partial charge in [-0.3, -0.25) is 5.10 Å². The van der Waals surface area contributed by atoms with Gasteiger partial charge in [0, 0.05) is 10.9 Å². The van der Waals surface area contributed by atoms with Gasteiger partial charge in [0.1, 0.15) is 5.76 Å². The quantitative estimate of drug-likeness (QED) is 0.752. The summed E-state index contributed by atoms with van der Waals surface area (Å²) in [5, 5.41) is 7.92. The molecule has 0 aliphatic carbocycles. The van der Waals surface area contributed by atoms with Crippen LogP contribution in [0.25, 0.3) is 16.7 Å². The molecule has 72 valence electrons. The Morgan fingerprint density at radius 2 is 2.43 bits per heavy atom. The molecule has 0 bridgehead atoms. The Balaban J connectivity index is 2.38. The molecule has 0 spiro atoms. The second-order valence-corrected chi connectivity index (χ2v) is 3.03. The van der Waals surface area contributed by atoms with E-state index in [2.05, 4.69) is 16.8 Å². The van der Waals surface area contributed by atoms with E-state index in [1.165, 1.54) is 0 Å². The van der Waals surface area contributed by atoms with E-state index in [0.29, 0.717) is 12.4 Å². The molecular formula is C11H12N2O. The minimum atomic E-state index is 0.641. The van der Waals surface area contributed by atoms with Crippen molar-refractivity contribution in [1.82, 2.24) is 10.2 Å². The third-order valence-corrected chi connectivity index (χ3v) is 2.08. The molecule has 0 atom stereocenters. The maximum Gasteiger partial charge on any atom is 0.119 e. The highest BCUT2D eigenvalue weighted by atomic mass is 16.5. The van der Waals surface area contributed by atoms with Gasteiger partial charge in [-0.05, 0) is 25.1 Å². The Hall–Kier alpha value is -1.77. The van der Waals surface area contributed by atoms with Crippen molar-refractivity contribution in [3.8, 4) is 0 Å². The second-order valence-electron chi connectivity index (χ2n) is 3.03. The predicted octanol–water partition coefficient (Wildman–Crippen LogP) is 2.57. The number of benzene rings is 1. The number of hydrogen-bond acceptors (Lipinski definition) is 2. The summed E-state index contributed by atoms with van der Waals surface area (Å²) in [6.45, 7) is 6.44. The first-order valence-electron chi connectivity index (χ1n) is 4.56. The molecule has 0 unspecified atom stereocenters. The summed E-state index contributed by atoms with van der Waals surface area (Å²) in [6, 6.07) is 5.96. The van der Waals surface area contributed by atoms with E-state index in [1.807, 2.05) is 25.1 Å². The van der Waals surface area contributed by atoms with E-state index in [4.69, 9.17) is 4.74 Å². The standard InChI is InChI=1S/C11H12N2O/c1-3-14-8(2)9-4-5-11-10(6-9)7-12-13-11/h4-7H,2-3H2,1H3,(H,12,13). The molecule has 1 aromatic carbocycles. The van der Waals surface area contributed by atoms with Crippen molar-refractivity contribution in [3.05, 3.63) is 36.5 Å². The first-order chi connectivity index (χ1) is 6.81. The average Bonchev–Trinajstić information content (AvgIpc) is 2.64. The number of ether oxygens (including phenoxy) is 1. The van der Waals surface area contributed by atoms with Crippen molar-refractivity contribution < 1.29 is 4.74 Å². The summed E-state index contributed by atoms with van der Waals surface area (Å²) >= 11 is 0. The number of aromatic amines is 1. The van der Waals surface area contributed by atoms with Crippen molar-refractivity contribution >= 4 is 16.7 Å². The molecule has 0 aliphatic rings. The molecule has 14 heavy (non-hydrogen) atoms. The fourth-order valence-corrected chi connectivity index (χ4v) is 1.37. The Labute approximate surface area is 82.4 Å². The number of fused-ring (bicyclic) bond motifs is 1. The van der Waals surface area contributed by atoms with Gasteiger partial charge in [-0.2, -0.15) is 5.10 Å². The summed E-state index contributed by atoms with van der Waals surface area (Å²) in [4.78, 5) is 0. The largest absolute Gasteiger partial charge is 0.494 e. The number of rotatable bonds is 3. The molecule has 3 heteroatoms. The zero-order valence-corrected chi connectivity index (χ0v) is 8.08. The molecule has 1 N–H and O–H groups in total. The van der Waals surface area contributed by atoms with Crippen molar-refractivity contribution in [3.63, 3.8) is 0 Å². The molecule has 0 radical (unpaired) electrons. The van der Waals surface area contributed by atoms with Gasteiger partial charge in [-0.1, -0.05) is 6.58 Å². The Morgan fingerprint density at radius 3 is 3.21 bits per heavy atom. The van der Waals surface area contributed by atoms with Gasteiger partial charge in [-0.25, -0.2) is 0 Å². The summed E-state index contributed by atoms with van der Waals surface area (Å²) in [6.07, 6.45) is 1.79. The predicted molar refractivity (Wildman–Crippen MR) is 56.8 cm³/mol. The van der Waals surface area contributed by atoms with Crippen LogP contribution in [0.5, 0.6) is 0 Å². The highest BCUT2D eigenvalue weighted by Crippen LogP contribution is 2.19. The molecule has 0 fully saturated rings. The molecule has 2 aromatic rings. The lowest BCUT2D eigenvalue weighted by Crippen LogP contribution is -1.89. The van der Waals surface area contributed by atoms with Crippen LogP contribution in [0.3, 0.4) is 0 Å². The summed E-state index contributed by atoms with van der Waals surface area (Å²) in [5.74, 6) is 0.704. The van der Waals surface area contributed by atoms with Crippen molar-refractivity contribution in [1.29, 1.82) is 0 Å². The monoisotopic (exact) mass is 188 g/mol. The molecule has 0 saturated carbocycles. The number of H-pyrrole nitrogens is 1. The normalized spacial score (nSPS) is 10.4. The highest BCUT2D eigenvalue weighted by Gasteiger charge is 2.01. The van der Waals surface area contributed by atoms with E-state index >= 15 is 0 Å². The van der Waals surface area contributed by atoms with Gasteiger partial charge in [0.15, 0.2) is 0 Å². The van der Waals surface area contributed by atoms with Crippen molar-refractivity contribution in [2.24, 2.45) is 0 Å². The van der Waals surface area contributed by atoms with Crippen LogP contribution in [0.1, 0.15) is 12.5 Å². The van der Waals surface area contributed by atoms with E-state index < -0.39 is 0 Å². The lowest BCUT2D eigenvalue weighted by molar-refractivity contribution is 0.299. The lowest BCUT2D eigenvalue weighted by atomic mass is 10.1. The zero-order valence-electron chi connectivity index (χ0n) is 8.08. The van der Waals surface area contributed by atoms with Crippen molar-refractivity contribution in [2.75, 3.05) is 6.61 Å². The van der Waals surface area contributed by atoms with Crippen molar-refractivity contribution in [2.45, 2.75) is 6.92 Å². The number of aromatic nitrogens is 2. The fraction of sp³-hybridized carbons (Fsp3) is 0.182. The Bertz CT molecular complexity index is 459.